The minimum absolute atomic E-state index is 0.0413. The minimum atomic E-state index is -3.29. The predicted molar refractivity (Wildman–Crippen MR) is 103 cm³/mol. The molecule has 0 bridgehead atoms. The Kier molecular flexibility index (Phi) is 4.95. The lowest BCUT2D eigenvalue weighted by Gasteiger charge is -2.12. The number of aromatic amines is 1. The second kappa shape index (κ2) is 7.17. The summed E-state index contributed by atoms with van der Waals surface area (Å²) in [5.74, 6) is -0.00337. The van der Waals surface area contributed by atoms with E-state index in [4.69, 9.17) is 0 Å². The van der Waals surface area contributed by atoms with Gasteiger partial charge in [-0.1, -0.05) is 49.4 Å². The zero-order chi connectivity index (χ0) is 18.7. The van der Waals surface area contributed by atoms with Crippen molar-refractivity contribution in [1.29, 1.82) is 0 Å². The zero-order valence-corrected chi connectivity index (χ0v) is 15.4. The van der Waals surface area contributed by atoms with Gasteiger partial charge in [0.2, 0.25) is 15.8 Å². The summed E-state index contributed by atoms with van der Waals surface area (Å²) < 4.78 is 25.0. The lowest BCUT2D eigenvalue weighted by atomic mass is 9.98. The lowest BCUT2D eigenvalue weighted by molar-refractivity contribution is 0.103. The summed E-state index contributed by atoms with van der Waals surface area (Å²) in [7, 11) is -3.29. The molecule has 0 amide bonds. The molecule has 0 saturated heterocycles. The Labute approximate surface area is 153 Å². The zero-order valence-electron chi connectivity index (χ0n) is 14.6. The number of benzene rings is 2. The normalized spacial score (nSPS) is 12.5. The van der Waals surface area contributed by atoms with Crippen LogP contribution in [-0.4, -0.2) is 25.4 Å². The third-order valence-corrected chi connectivity index (χ3v) is 4.78. The van der Waals surface area contributed by atoms with E-state index in [1.54, 1.807) is 30.3 Å². The highest BCUT2D eigenvalue weighted by Crippen LogP contribution is 2.25. The van der Waals surface area contributed by atoms with Gasteiger partial charge in [0.15, 0.2) is 0 Å². The molecule has 5 nitrogen and oxygen atoms in total. The maximum atomic E-state index is 12.5. The Balaban J connectivity index is 1.78. The number of H-pyrrole nitrogens is 1. The van der Waals surface area contributed by atoms with Gasteiger partial charge in [-0.05, 0) is 29.8 Å². The molecular weight excluding hydrogens is 348 g/mol. The van der Waals surface area contributed by atoms with Crippen LogP contribution in [0.25, 0.3) is 0 Å². The monoisotopic (exact) mass is 368 g/mol. The second-order valence-electron chi connectivity index (χ2n) is 6.24. The van der Waals surface area contributed by atoms with Crippen LogP contribution < -0.4 is 4.72 Å². The predicted octanol–water partition coefficient (Wildman–Crippen LogP) is 3.77. The summed E-state index contributed by atoms with van der Waals surface area (Å²) in [5.41, 5.74) is 3.66. The quantitative estimate of drug-likeness (QED) is 0.650. The van der Waals surface area contributed by atoms with Gasteiger partial charge in [0.05, 0.1) is 11.9 Å². The Morgan fingerprint density at radius 1 is 0.962 bits per heavy atom. The van der Waals surface area contributed by atoms with E-state index in [9.17, 15) is 13.2 Å². The molecule has 3 rings (SSSR count). The maximum Gasteiger partial charge on any atom is 0.229 e. The fraction of sp³-hybridized carbons (Fsp3) is 0.150. The van der Waals surface area contributed by atoms with E-state index in [1.165, 1.54) is 0 Å². The molecule has 6 heteroatoms. The third kappa shape index (κ3) is 4.21. The summed E-state index contributed by atoms with van der Waals surface area (Å²) in [4.78, 5) is 15.7. The Morgan fingerprint density at radius 3 is 2.23 bits per heavy atom. The van der Waals surface area contributed by atoms with Gasteiger partial charge in [-0.2, -0.15) is 0 Å². The minimum Gasteiger partial charge on any atom is -0.355 e. The SMILES string of the molecule is CC(c1ccc(NS(C)(=O)=O)cc1)c1ccc(C(=O)c2ccccc2)[nH]1. The van der Waals surface area contributed by atoms with Crippen LogP contribution in [0.3, 0.4) is 0 Å². The molecule has 0 aliphatic carbocycles. The molecule has 134 valence electrons. The van der Waals surface area contributed by atoms with Crippen molar-refractivity contribution in [2.45, 2.75) is 12.8 Å². The van der Waals surface area contributed by atoms with Gasteiger partial charge < -0.3 is 4.98 Å². The fourth-order valence-corrected chi connectivity index (χ4v) is 3.34. The van der Waals surface area contributed by atoms with Crippen molar-refractivity contribution in [3.8, 4) is 0 Å². The first-order chi connectivity index (χ1) is 12.3. The van der Waals surface area contributed by atoms with Crippen LogP contribution in [0.15, 0.2) is 66.7 Å². The number of aromatic nitrogens is 1. The Morgan fingerprint density at radius 2 is 1.62 bits per heavy atom. The number of nitrogens with one attached hydrogen (secondary N) is 2. The van der Waals surface area contributed by atoms with Crippen molar-refractivity contribution in [2.24, 2.45) is 0 Å². The van der Waals surface area contributed by atoms with Crippen LogP contribution in [0.5, 0.6) is 0 Å². The van der Waals surface area contributed by atoms with E-state index in [1.807, 2.05) is 43.3 Å². The van der Waals surface area contributed by atoms with E-state index in [2.05, 4.69) is 9.71 Å². The van der Waals surface area contributed by atoms with E-state index in [0.717, 1.165) is 17.5 Å². The smallest absolute Gasteiger partial charge is 0.229 e. The van der Waals surface area contributed by atoms with Crippen LogP contribution in [0, 0.1) is 0 Å². The first kappa shape index (κ1) is 17.9. The summed E-state index contributed by atoms with van der Waals surface area (Å²) in [6.07, 6.45) is 1.12. The summed E-state index contributed by atoms with van der Waals surface area (Å²) in [6.45, 7) is 2.03. The molecule has 0 fully saturated rings. The number of hydrogen-bond donors (Lipinski definition) is 2. The summed E-state index contributed by atoms with van der Waals surface area (Å²) in [6, 6.07) is 20.0. The fourth-order valence-electron chi connectivity index (χ4n) is 2.78. The number of carbonyl (C=O) groups is 1. The average molecular weight is 368 g/mol. The first-order valence-corrected chi connectivity index (χ1v) is 10.1. The molecule has 26 heavy (non-hydrogen) atoms. The van der Waals surface area contributed by atoms with Crippen LogP contribution in [0.1, 0.15) is 40.2 Å². The van der Waals surface area contributed by atoms with Crippen LogP contribution in [0.4, 0.5) is 5.69 Å². The lowest BCUT2D eigenvalue weighted by Crippen LogP contribution is -2.09. The molecule has 1 heterocycles. The third-order valence-electron chi connectivity index (χ3n) is 4.17. The molecule has 0 aliphatic heterocycles. The van der Waals surface area contributed by atoms with E-state index >= 15 is 0 Å². The van der Waals surface area contributed by atoms with Crippen molar-refractivity contribution >= 4 is 21.5 Å². The number of hydrogen-bond acceptors (Lipinski definition) is 3. The van der Waals surface area contributed by atoms with Gasteiger partial charge in [0.25, 0.3) is 0 Å². The largest absolute Gasteiger partial charge is 0.355 e. The average Bonchev–Trinajstić information content (AvgIpc) is 3.10. The van der Waals surface area contributed by atoms with Gasteiger partial charge in [0, 0.05) is 22.9 Å². The summed E-state index contributed by atoms with van der Waals surface area (Å²) >= 11 is 0. The molecule has 0 spiro atoms. The van der Waals surface area contributed by atoms with Gasteiger partial charge in [-0.25, -0.2) is 8.42 Å². The number of rotatable bonds is 6. The highest BCUT2D eigenvalue weighted by Gasteiger charge is 2.15. The Hall–Kier alpha value is -2.86. The standard InChI is InChI=1S/C20H20N2O3S/c1-14(15-8-10-17(11-9-15)22-26(2,24)25)18-12-13-19(21-18)20(23)16-6-4-3-5-7-16/h3-14,21-22H,1-2H3. The van der Waals surface area contributed by atoms with Crippen molar-refractivity contribution in [3.63, 3.8) is 0 Å². The molecule has 1 aromatic heterocycles. The second-order valence-corrected chi connectivity index (χ2v) is 7.99. The number of sulfonamides is 1. The number of ketones is 1. The molecule has 0 saturated carbocycles. The van der Waals surface area contributed by atoms with E-state index in [-0.39, 0.29) is 11.7 Å². The van der Waals surface area contributed by atoms with E-state index in [0.29, 0.717) is 16.9 Å². The van der Waals surface area contributed by atoms with Gasteiger partial charge in [-0.15, -0.1) is 0 Å². The molecule has 1 unspecified atom stereocenters. The molecule has 0 aliphatic rings. The van der Waals surface area contributed by atoms with Crippen LogP contribution >= 0.6 is 0 Å². The molecule has 3 aromatic rings. The molecule has 2 N–H and O–H groups in total. The number of anilines is 1. The molecular formula is C20H20N2O3S. The highest BCUT2D eigenvalue weighted by molar-refractivity contribution is 7.92. The van der Waals surface area contributed by atoms with E-state index < -0.39 is 10.0 Å². The van der Waals surface area contributed by atoms with Gasteiger partial charge >= 0.3 is 0 Å². The van der Waals surface area contributed by atoms with Gasteiger partial charge in [0.1, 0.15) is 0 Å². The Bertz CT molecular complexity index is 1010. The van der Waals surface area contributed by atoms with Crippen molar-refractivity contribution in [2.75, 3.05) is 11.0 Å². The van der Waals surface area contributed by atoms with Crippen LogP contribution in [-0.2, 0) is 10.0 Å². The van der Waals surface area contributed by atoms with Crippen molar-refractivity contribution in [1.82, 2.24) is 4.98 Å². The van der Waals surface area contributed by atoms with Crippen molar-refractivity contribution < 1.29 is 13.2 Å². The summed E-state index contributed by atoms with van der Waals surface area (Å²) in [5, 5.41) is 0. The maximum absolute atomic E-state index is 12.5. The van der Waals surface area contributed by atoms with Gasteiger partial charge in [-0.3, -0.25) is 9.52 Å². The molecule has 2 aromatic carbocycles. The number of carbonyl (C=O) groups excluding carboxylic acids is 1. The van der Waals surface area contributed by atoms with Crippen molar-refractivity contribution in [3.05, 3.63) is 89.2 Å². The molecule has 1 atom stereocenters. The molecule has 0 radical (unpaired) electrons. The van der Waals surface area contributed by atoms with Crippen LogP contribution in [0.2, 0.25) is 0 Å². The topological polar surface area (TPSA) is 79.0 Å². The highest BCUT2D eigenvalue weighted by atomic mass is 32.2. The first-order valence-electron chi connectivity index (χ1n) is 8.20.